The molecule has 0 aliphatic heterocycles. The third kappa shape index (κ3) is 2.04. The first-order valence-electron chi connectivity index (χ1n) is 4.14. The van der Waals surface area contributed by atoms with Crippen LogP contribution in [0, 0.1) is 0 Å². The summed E-state index contributed by atoms with van der Waals surface area (Å²) in [6, 6.07) is 12.0. The van der Waals surface area contributed by atoms with E-state index in [0.717, 1.165) is 20.2 Å². The minimum Gasteiger partial charge on any atom is -0.256 e. The largest absolute Gasteiger partial charge is 0.256 e. The van der Waals surface area contributed by atoms with Gasteiger partial charge in [0, 0.05) is 20.7 Å². The normalized spacial score (nSPS) is 10.1. The molecule has 0 amide bonds. The standard InChI is InChI=1S/C11H7Br2N/c12-8-4-5-9(10(13)7-8)11-3-1-2-6-14-11/h1-7H. The highest BCUT2D eigenvalue weighted by atomic mass is 79.9. The van der Waals surface area contributed by atoms with Crippen LogP contribution in [0.3, 0.4) is 0 Å². The number of hydrogen-bond acceptors (Lipinski definition) is 1. The Morgan fingerprint density at radius 1 is 1.00 bits per heavy atom. The van der Waals surface area contributed by atoms with E-state index in [0.29, 0.717) is 0 Å². The molecule has 0 aliphatic rings. The molecule has 0 atom stereocenters. The molecule has 0 unspecified atom stereocenters. The fourth-order valence-corrected chi connectivity index (χ4v) is 2.47. The molecule has 1 aromatic heterocycles. The van der Waals surface area contributed by atoms with Crippen molar-refractivity contribution in [2.45, 2.75) is 0 Å². The third-order valence-corrected chi connectivity index (χ3v) is 3.02. The average molecular weight is 313 g/mol. The van der Waals surface area contributed by atoms with Gasteiger partial charge in [0.25, 0.3) is 0 Å². The molecule has 0 saturated carbocycles. The van der Waals surface area contributed by atoms with E-state index in [4.69, 9.17) is 0 Å². The summed E-state index contributed by atoms with van der Waals surface area (Å²) in [6.07, 6.45) is 1.80. The maximum Gasteiger partial charge on any atom is 0.0713 e. The molecule has 3 heteroatoms. The van der Waals surface area contributed by atoms with Gasteiger partial charge in [-0.05, 0) is 24.3 Å². The third-order valence-electron chi connectivity index (χ3n) is 1.87. The molecule has 0 spiro atoms. The van der Waals surface area contributed by atoms with Crippen molar-refractivity contribution < 1.29 is 0 Å². The van der Waals surface area contributed by atoms with E-state index in [1.807, 2.05) is 36.4 Å². The lowest BCUT2D eigenvalue weighted by Gasteiger charge is -2.03. The Balaban J connectivity index is 2.53. The molecule has 2 rings (SSSR count). The van der Waals surface area contributed by atoms with Gasteiger partial charge in [0.05, 0.1) is 5.69 Å². The van der Waals surface area contributed by atoms with Crippen LogP contribution in [0.25, 0.3) is 11.3 Å². The molecule has 0 radical (unpaired) electrons. The second-order valence-corrected chi connectivity index (χ2v) is 4.61. The van der Waals surface area contributed by atoms with Crippen molar-refractivity contribution in [2.24, 2.45) is 0 Å². The highest BCUT2D eigenvalue weighted by Crippen LogP contribution is 2.29. The average Bonchev–Trinajstić information content (AvgIpc) is 2.19. The van der Waals surface area contributed by atoms with Crippen molar-refractivity contribution in [1.82, 2.24) is 4.98 Å². The van der Waals surface area contributed by atoms with Gasteiger partial charge in [-0.2, -0.15) is 0 Å². The molecule has 0 saturated heterocycles. The van der Waals surface area contributed by atoms with Crippen LogP contribution in [0.1, 0.15) is 0 Å². The summed E-state index contributed by atoms with van der Waals surface area (Å²) in [5.74, 6) is 0. The van der Waals surface area contributed by atoms with Crippen LogP contribution in [0.2, 0.25) is 0 Å². The summed E-state index contributed by atoms with van der Waals surface area (Å²) in [5.41, 5.74) is 2.08. The fourth-order valence-electron chi connectivity index (χ4n) is 1.22. The van der Waals surface area contributed by atoms with Crippen molar-refractivity contribution in [3.63, 3.8) is 0 Å². The van der Waals surface area contributed by atoms with Crippen molar-refractivity contribution in [3.8, 4) is 11.3 Å². The van der Waals surface area contributed by atoms with Crippen LogP contribution >= 0.6 is 31.9 Å². The van der Waals surface area contributed by atoms with Gasteiger partial charge in [-0.25, -0.2) is 0 Å². The first kappa shape index (κ1) is 9.87. The van der Waals surface area contributed by atoms with Gasteiger partial charge < -0.3 is 0 Å². The first-order valence-corrected chi connectivity index (χ1v) is 5.72. The molecule has 1 nitrogen and oxygen atoms in total. The van der Waals surface area contributed by atoms with Crippen molar-refractivity contribution in [2.75, 3.05) is 0 Å². The molecular weight excluding hydrogens is 306 g/mol. The Labute approximate surface area is 99.4 Å². The summed E-state index contributed by atoms with van der Waals surface area (Å²) in [4.78, 5) is 4.29. The van der Waals surface area contributed by atoms with Gasteiger partial charge in [0.1, 0.15) is 0 Å². The molecule has 0 bridgehead atoms. The van der Waals surface area contributed by atoms with E-state index in [9.17, 15) is 0 Å². The molecule has 1 aromatic carbocycles. The molecule has 1 heterocycles. The fraction of sp³-hybridized carbons (Fsp3) is 0. The number of nitrogens with zero attached hydrogens (tertiary/aromatic N) is 1. The summed E-state index contributed by atoms with van der Waals surface area (Å²) in [6.45, 7) is 0. The van der Waals surface area contributed by atoms with Gasteiger partial charge in [0.15, 0.2) is 0 Å². The highest BCUT2D eigenvalue weighted by molar-refractivity contribution is 9.11. The number of hydrogen-bond donors (Lipinski definition) is 0. The number of halogens is 2. The van der Waals surface area contributed by atoms with Gasteiger partial charge in [0.2, 0.25) is 0 Å². The van der Waals surface area contributed by atoms with E-state index in [1.54, 1.807) is 6.20 Å². The summed E-state index contributed by atoms with van der Waals surface area (Å²) in [7, 11) is 0. The van der Waals surface area contributed by atoms with E-state index in [2.05, 4.69) is 36.8 Å². The number of rotatable bonds is 1. The van der Waals surface area contributed by atoms with E-state index < -0.39 is 0 Å². The SMILES string of the molecule is Brc1ccc(-c2ccccn2)c(Br)c1. The lowest BCUT2D eigenvalue weighted by Crippen LogP contribution is -1.83. The smallest absolute Gasteiger partial charge is 0.0713 e. The molecular formula is C11H7Br2N. The molecule has 2 aromatic rings. The first-order chi connectivity index (χ1) is 6.77. The zero-order valence-corrected chi connectivity index (χ0v) is 10.4. The van der Waals surface area contributed by atoms with Crippen LogP contribution in [0.15, 0.2) is 51.5 Å². The van der Waals surface area contributed by atoms with E-state index in [1.165, 1.54) is 0 Å². The summed E-state index contributed by atoms with van der Waals surface area (Å²) in [5, 5.41) is 0. The molecule has 0 aliphatic carbocycles. The molecule has 0 fully saturated rings. The summed E-state index contributed by atoms with van der Waals surface area (Å²) >= 11 is 6.93. The monoisotopic (exact) mass is 311 g/mol. The maximum absolute atomic E-state index is 4.29. The van der Waals surface area contributed by atoms with Crippen LogP contribution in [0.4, 0.5) is 0 Å². The van der Waals surface area contributed by atoms with E-state index in [-0.39, 0.29) is 0 Å². The lowest BCUT2D eigenvalue weighted by atomic mass is 10.1. The van der Waals surface area contributed by atoms with Crippen molar-refractivity contribution in [3.05, 3.63) is 51.5 Å². The van der Waals surface area contributed by atoms with Crippen molar-refractivity contribution >= 4 is 31.9 Å². The van der Waals surface area contributed by atoms with Gasteiger partial charge in [-0.3, -0.25) is 4.98 Å². The highest BCUT2D eigenvalue weighted by Gasteiger charge is 2.03. The van der Waals surface area contributed by atoms with Crippen LogP contribution < -0.4 is 0 Å². The number of pyridine rings is 1. The second-order valence-electron chi connectivity index (χ2n) is 2.84. The summed E-state index contributed by atoms with van der Waals surface area (Å²) < 4.78 is 2.11. The van der Waals surface area contributed by atoms with Crippen LogP contribution in [-0.2, 0) is 0 Å². The molecule has 0 N–H and O–H groups in total. The predicted octanol–water partition coefficient (Wildman–Crippen LogP) is 4.27. The molecule has 14 heavy (non-hydrogen) atoms. The lowest BCUT2D eigenvalue weighted by molar-refractivity contribution is 1.32. The quantitative estimate of drug-likeness (QED) is 0.766. The van der Waals surface area contributed by atoms with Gasteiger partial charge >= 0.3 is 0 Å². The Morgan fingerprint density at radius 2 is 1.86 bits per heavy atom. The van der Waals surface area contributed by atoms with Gasteiger partial charge in [-0.1, -0.05) is 44.0 Å². The maximum atomic E-state index is 4.29. The minimum absolute atomic E-state index is 0.979. The zero-order chi connectivity index (χ0) is 9.97. The number of benzene rings is 1. The Hall–Kier alpha value is -0.670. The Kier molecular flexibility index (Phi) is 2.99. The number of aromatic nitrogens is 1. The Morgan fingerprint density at radius 3 is 2.50 bits per heavy atom. The van der Waals surface area contributed by atoms with Crippen LogP contribution in [0.5, 0.6) is 0 Å². The Bertz CT molecular complexity index is 440. The minimum atomic E-state index is 0.979. The topological polar surface area (TPSA) is 12.9 Å². The predicted molar refractivity (Wildman–Crippen MR) is 65.1 cm³/mol. The molecule has 70 valence electrons. The van der Waals surface area contributed by atoms with E-state index >= 15 is 0 Å². The van der Waals surface area contributed by atoms with Crippen LogP contribution in [-0.4, -0.2) is 4.98 Å². The second kappa shape index (κ2) is 4.24. The zero-order valence-electron chi connectivity index (χ0n) is 7.24. The van der Waals surface area contributed by atoms with Gasteiger partial charge in [-0.15, -0.1) is 0 Å². The van der Waals surface area contributed by atoms with Crippen molar-refractivity contribution in [1.29, 1.82) is 0 Å².